The summed E-state index contributed by atoms with van der Waals surface area (Å²) >= 11 is 8.53. The van der Waals surface area contributed by atoms with Crippen molar-refractivity contribution in [1.82, 2.24) is 0 Å². The van der Waals surface area contributed by atoms with E-state index in [0.29, 0.717) is 0 Å². The van der Waals surface area contributed by atoms with Crippen molar-refractivity contribution >= 4 is 64.2 Å². The molecule has 0 saturated heterocycles. The number of benzene rings is 6. The number of hydrogen-bond acceptors (Lipinski definition) is 1. The van der Waals surface area contributed by atoms with Crippen LogP contribution in [-0.2, 0) is 4.79 Å². The first-order chi connectivity index (χ1) is 20.7. The van der Waals surface area contributed by atoms with Crippen molar-refractivity contribution < 1.29 is 4.79 Å². The van der Waals surface area contributed by atoms with Crippen LogP contribution in [-0.4, -0.2) is 10.6 Å². The van der Waals surface area contributed by atoms with Crippen LogP contribution in [0.5, 0.6) is 0 Å². The zero-order valence-corrected chi connectivity index (χ0v) is 25.9. The fourth-order valence-corrected chi connectivity index (χ4v) is 22.7. The number of alkyl halides is 1. The van der Waals surface area contributed by atoms with E-state index in [9.17, 15) is 4.79 Å². The Morgan fingerprint density at radius 3 is 0.667 bits per heavy atom. The number of aldehydes is 1. The first kappa shape index (κ1) is 28.3. The van der Waals surface area contributed by atoms with Crippen LogP contribution >= 0.6 is 26.1 Å². The molecule has 6 rings (SSSR count). The number of carbonyl (C=O) groups is 1. The van der Waals surface area contributed by atoms with Crippen molar-refractivity contribution in [2.45, 2.75) is 4.36 Å². The van der Waals surface area contributed by atoms with Crippen molar-refractivity contribution in [3.63, 3.8) is 0 Å². The molecule has 0 aromatic heterocycles. The van der Waals surface area contributed by atoms with Gasteiger partial charge in [-0.1, -0.05) is 0 Å². The van der Waals surface area contributed by atoms with Gasteiger partial charge < -0.3 is 0 Å². The maximum absolute atomic E-state index is 14.5. The van der Waals surface area contributed by atoms with E-state index in [1.165, 1.54) is 0 Å². The van der Waals surface area contributed by atoms with Gasteiger partial charge in [-0.05, 0) is 0 Å². The summed E-state index contributed by atoms with van der Waals surface area (Å²) in [5, 5.41) is 6.61. The number of halogens is 1. The molecule has 0 radical (unpaired) electrons. The van der Waals surface area contributed by atoms with Crippen molar-refractivity contribution in [3.8, 4) is 0 Å². The fraction of sp³-hybridized carbons (Fsp3) is 0.0263. The SMILES string of the molecule is O=CC(Cl)([PH](c1ccccc1)(c1ccccc1)c1ccccc1)[PH](c1ccccc1)(c1ccccc1)c1ccccc1. The first-order valence-corrected chi connectivity index (χ1v) is 18.6. The molecule has 0 amide bonds. The normalized spacial score (nSPS) is 13.9. The molecule has 6 aromatic rings. The molecule has 1 nitrogen and oxygen atoms in total. The molecule has 0 atom stereocenters. The molecule has 208 valence electrons. The van der Waals surface area contributed by atoms with Gasteiger partial charge >= 0.3 is 255 Å². The van der Waals surface area contributed by atoms with Crippen molar-refractivity contribution in [2.24, 2.45) is 0 Å². The second kappa shape index (κ2) is 12.2. The molecule has 0 aliphatic rings. The van der Waals surface area contributed by atoms with Crippen LogP contribution in [0.15, 0.2) is 182 Å². The van der Waals surface area contributed by atoms with Crippen LogP contribution in [0.3, 0.4) is 0 Å². The molecule has 0 aliphatic carbocycles. The molecule has 0 unspecified atom stereocenters. The van der Waals surface area contributed by atoms with E-state index >= 15 is 0 Å². The third-order valence-electron chi connectivity index (χ3n) is 8.49. The van der Waals surface area contributed by atoms with E-state index in [4.69, 9.17) is 11.6 Å². The molecule has 0 spiro atoms. The van der Waals surface area contributed by atoms with Gasteiger partial charge in [0.25, 0.3) is 0 Å². The molecule has 0 N–H and O–H groups in total. The Labute approximate surface area is 254 Å². The predicted molar refractivity (Wildman–Crippen MR) is 188 cm³/mol. The Kier molecular flexibility index (Phi) is 8.19. The minimum absolute atomic E-state index is 1.10. The molecule has 6 aromatic carbocycles. The van der Waals surface area contributed by atoms with E-state index in [1.54, 1.807) is 0 Å². The summed E-state index contributed by atoms with van der Waals surface area (Å²) in [7, 11) is -6.80. The zero-order valence-electron chi connectivity index (χ0n) is 23.2. The molecule has 0 aliphatic heterocycles. The van der Waals surface area contributed by atoms with Gasteiger partial charge in [0.15, 0.2) is 0 Å². The predicted octanol–water partition coefficient (Wildman–Crippen LogP) is 6.53. The van der Waals surface area contributed by atoms with Gasteiger partial charge in [-0.2, -0.15) is 0 Å². The topological polar surface area (TPSA) is 17.1 Å². The summed E-state index contributed by atoms with van der Waals surface area (Å²) < 4.78 is -1.34. The summed E-state index contributed by atoms with van der Waals surface area (Å²) in [6.45, 7) is 0. The van der Waals surface area contributed by atoms with Crippen LogP contribution in [0.25, 0.3) is 0 Å². The Morgan fingerprint density at radius 2 is 0.524 bits per heavy atom. The van der Waals surface area contributed by atoms with Crippen molar-refractivity contribution in [2.75, 3.05) is 0 Å². The molecule has 0 bridgehead atoms. The fourth-order valence-electron chi connectivity index (χ4n) is 6.85. The maximum atomic E-state index is 14.5. The van der Waals surface area contributed by atoms with Gasteiger partial charge in [0.2, 0.25) is 0 Å². The second-order valence-corrected chi connectivity index (χ2v) is 20.3. The third kappa shape index (κ3) is 4.36. The summed E-state index contributed by atoms with van der Waals surface area (Å²) in [5.41, 5.74) is 0. The van der Waals surface area contributed by atoms with E-state index in [2.05, 4.69) is 146 Å². The molecule has 0 fully saturated rings. The van der Waals surface area contributed by atoms with E-state index in [-0.39, 0.29) is 0 Å². The van der Waals surface area contributed by atoms with Crippen molar-refractivity contribution in [1.29, 1.82) is 0 Å². The van der Waals surface area contributed by atoms with E-state index < -0.39 is 18.9 Å². The van der Waals surface area contributed by atoms with Gasteiger partial charge in [0.1, 0.15) is 0 Å². The molecule has 4 heteroatoms. The zero-order chi connectivity index (χ0) is 28.9. The molecule has 0 heterocycles. The minimum atomic E-state index is -3.40. The van der Waals surface area contributed by atoms with Crippen LogP contribution in [0, 0.1) is 0 Å². The number of rotatable bonds is 9. The van der Waals surface area contributed by atoms with Gasteiger partial charge in [-0.15, -0.1) is 0 Å². The van der Waals surface area contributed by atoms with Gasteiger partial charge in [-0.25, -0.2) is 0 Å². The first-order valence-electron chi connectivity index (χ1n) is 14.2. The van der Waals surface area contributed by atoms with Crippen LogP contribution in [0.1, 0.15) is 0 Å². The summed E-state index contributed by atoms with van der Waals surface area (Å²) in [4.78, 5) is 14.5. The van der Waals surface area contributed by atoms with Gasteiger partial charge in [0.05, 0.1) is 0 Å². The van der Waals surface area contributed by atoms with E-state index in [0.717, 1.165) is 38.1 Å². The van der Waals surface area contributed by atoms with Crippen LogP contribution in [0.2, 0.25) is 0 Å². The molecule has 0 saturated carbocycles. The monoisotopic (exact) mass is 602 g/mol. The Hall–Kier alpha value is -3.86. The third-order valence-corrected chi connectivity index (χ3v) is 22.1. The quantitative estimate of drug-likeness (QED) is 0.104. The summed E-state index contributed by atoms with van der Waals surface area (Å²) in [5.74, 6) is 0. The summed E-state index contributed by atoms with van der Waals surface area (Å²) in [6.07, 6.45) is 1.12. The number of hydrogen-bond donors (Lipinski definition) is 0. The molecule has 42 heavy (non-hydrogen) atoms. The molecular formula is C38H33ClOP2. The van der Waals surface area contributed by atoms with Crippen molar-refractivity contribution in [3.05, 3.63) is 182 Å². The standard InChI is InChI=1S/C38H33ClOP2/c39-38(31-40,41(32-19-7-1-8-20-32,33-21-9-2-10-22-33)34-23-11-3-12-24-34)42(35-25-13-4-14-26-35,36-27-15-5-16-28-36)37-29-17-6-18-30-37/h1-31,41-42H. The number of carbonyl (C=O) groups excluding carboxylic acids is 1. The average Bonchev–Trinajstić information content (AvgIpc) is 3.08. The van der Waals surface area contributed by atoms with Gasteiger partial charge in [-0.3, -0.25) is 0 Å². The molecular weight excluding hydrogens is 570 g/mol. The van der Waals surface area contributed by atoms with Gasteiger partial charge in [0, 0.05) is 0 Å². The Morgan fingerprint density at radius 1 is 0.357 bits per heavy atom. The Balaban J connectivity index is 1.90. The average molecular weight is 603 g/mol. The van der Waals surface area contributed by atoms with E-state index in [1.807, 2.05) is 36.4 Å². The summed E-state index contributed by atoms with van der Waals surface area (Å²) in [6, 6.07) is 63.1. The van der Waals surface area contributed by atoms with Crippen LogP contribution in [0.4, 0.5) is 0 Å². The Bertz CT molecular complexity index is 1410. The van der Waals surface area contributed by atoms with Crippen LogP contribution < -0.4 is 31.8 Å². The second-order valence-electron chi connectivity index (χ2n) is 10.5.